The molecule has 2 heteroatoms. The molecule has 2 aromatic rings. The number of hydrogen-bond donors (Lipinski definition) is 1. The summed E-state index contributed by atoms with van der Waals surface area (Å²) in [6, 6.07) is 17.6. The second-order valence-electron chi connectivity index (χ2n) is 4.99. The van der Waals surface area contributed by atoms with Gasteiger partial charge in [-0.15, -0.1) is 0 Å². The van der Waals surface area contributed by atoms with Gasteiger partial charge in [0.1, 0.15) is 0 Å². The van der Waals surface area contributed by atoms with Crippen molar-refractivity contribution < 1.29 is 0 Å². The Hall–Kier alpha value is -1.12. The monoisotopic (exact) mass is 317 g/mol. The average Bonchev–Trinajstić information content (AvgIpc) is 2.39. The minimum Gasteiger partial charge on any atom is -0.304 e. The minimum absolute atomic E-state index is 0.310. The van der Waals surface area contributed by atoms with E-state index in [4.69, 9.17) is 0 Å². The van der Waals surface area contributed by atoms with Gasteiger partial charge >= 0.3 is 0 Å². The zero-order chi connectivity index (χ0) is 13.8. The van der Waals surface area contributed by atoms with Gasteiger partial charge < -0.3 is 5.32 Å². The van der Waals surface area contributed by atoms with E-state index in [2.05, 4.69) is 84.5 Å². The molecule has 0 saturated heterocycles. The molecule has 0 aliphatic carbocycles. The van der Waals surface area contributed by atoms with Crippen molar-refractivity contribution in [3.63, 3.8) is 0 Å². The normalized spacial score (nSPS) is 14.1. The number of benzene rings is 2. The van der Waals surface area contributed by atoms with Gasteiger partial charge in [-0.1, -0.05) is 58.4 Å². The predicted molar refractivity (Wildman–Crippen MR) is 85.3 cm³/mol. The molecule has 0 heterocycles. The Balaban J connectivity index is 2.13. The first kappa shape index (κ1) is 14.3. The van der Waals surface area contributed by atoms with Crippen LogP contribution in [-0.2, 0) is 0 Å². The molecule has 2 aromatic carbocycles. The number of hydrogen-bond acceptors (Lipinski definition) is 1. The third kappa shape index (κ3) is 3.46. The highest BCUT2D eigenvalue weighted by atomic mass is 79.9. The van der Waals surface area contributed by atoms with Gasteiger partial charge in [0.15, 0.2) is 0 Å². The molecule has 1 unspecified atom stereocenters. The van der Waals surface area contributed by atoms with E-state index in [-0.39, 0.29) is 0 Å². The van der Waals surface area contributed by atoms with E-state index < -0.39 is 0 Å². The number of halogens is 1. The molecule has 2 atom stereocenters. The van der Waals surface area contributed by atoms with E-state index in [1.165, 1.54) is 16.7 Å². The third-order valence-electron chi connectivity index (χ3n) is 3.53. The first-order chi connectivity index (χ1) is 9.09. The van der Waals surface area contributed by atoms with Gasteiger partial charge in [-0.05, 0) is 43.5 Å². The zero-order valence-electron chi connectivity index (χ0n) is 11.7. The summed E-state index contributed by atoms with van der Waals surface area (Å²) in [5.41, 5.74) is 3.99. The molecule has 0 spiro atoms. The fourth-order valence-electron chi connectivity index (χ4n) is 2.45. The van der Waals surface area contributed by atoms with Crippen molar-refractivity contribution in [1.29, 1.82) is 0 Å². The molecule has 0 bridgehead atoms. The van der Waals surface area contributed by atoms with Crippen LogP contribution in [0.4, 0.5) is 0 Å². The summed E-state index contributed by atoms with van der Waals surface area (Å²) in [5, 5.41) is 3.66. The molecule has 0 amide bonds. The van der Waals surface area contributed by atoms with Crippen LogP contribution in [0.3, 0.4) is 0 Å². The molecule has 1 N–H and O–H groups in total. The van der Waals surface area contributed by atoms with E-state index in [0.717, 1.165) is 4.47 Å². The number of aryl methyl sites for hydroxylation is 1. The smallest absolute Gasteiger partial charge is 0.0308 e. The van der Waals surface area contributed by atoms with Gasteiger partial charge in [0, 0.05) is 16.6 Å². The van der Waals surface area contributed by atoms with Crippen LogP contribution in [0.1, 0.15) is 42.6 Å². The summed E-state index contributed by atoms with van der Waals surface area (Å²) in [4.78, 5) is 0. The van der Waals surface area contributed by atoms with Crippen molar-refractivity contribution in [2.24, 2.45) is 0 Å². The summed E-state index contributed by atoms with van der Waals surface area (Å²) in [6.45, 7) is 6.58. The quantitative estimate of drug-likeness (QED) is 0.820. The number of rotatable bonds is 4. The highest BCUT2D eigenvalue weighted by Gasteiger charge is 2.14. The van der Waals surface area contributed by atoms with Crippen LogP contribution < -0.4 is 5.32 Å². The van der Waals surface area contributed by atoms with Crippen molar-refractivity contribution in [3.8, 4) is 0 Å². The Labute approximate surface area is 124 Å². The molecule has 0 aromatic heterocycles. The summed E-state index contributed by atoms with van der Waals surface area (Å²) >= 11 is 3.62. The molecule has 0 radical (unpaired) electrons. The Bertz CT molecular complexity index is 501. The van der Waals surface area contributed by atoms with Crippen LogP contribution in [0.5, 0.6) is 0 Å². The summed E-state index contributed by atoms with van der Waals surface area (Å²) in [5.74, 6) is 0. The first-order valence-electron chi connectivity index (χ1n) is 6.65. The van der Waals surface area contributed by atoms with E-state index in [0.29, 0.717) is 12.1 Å². The Morgan fingerprint density at radius 3 is 2.00 bits per heavy atom. The summed E-state index contributed by atoms with van der Waals surface area (Å²) < 4.78 is 1.16. The lowest BCUT2D eigenvalue weighted by atomic mass is 10.0. The van der Waals surface area contributed by atoms with Crippen molar-refractivity contribution in [2.45, 2.75) is 32.9 Å². The summed E-state index contributed by atoms with van der Waals surface area (Å²) in [6.07, 6.45) is 0. The largest absolute Gasteiger partial charge is 0.304 e. The van der Waals surface area contributed by atoms with Crippen LogP contribution in [0.15, 0.2) is 53.0 Å². The van der Waals surface area contributed by atoms with E-state index in [1.54, 1.807) is 0 Å². The predicted octanol–water partition coefficient (Wildman–Crippen LogP) is 5.17. The van der Waals surface area contributed by atoms with Crippen LogP contribution >= 0.6 is 15.9 Å². The van der Waals surface area contributed by atoms with Crippen LogP contribution in [0.25, 0.3) is 0 Å². The van der Waals surface area contributed by atoms with Gasteiger partial charge in [-0.3, -0.25) is 0 Å². The standard InChI is InChI=1S/C17H20BrN/c1-12-8-4-5-9-15(12)13(2)19-14(3)16-10-6-7-11-17(16)18/h4-11,13-14,19H,1-3H3/t13-,14?/m0/s1. The topological polar surface area (TPSA) is 12.0 Å². The van der Waals surface area contributed by atoms with Crippen LogP contribution in [-0.4, -0.2) is 0 Å². The van der Waals surface area contributed by atoms with Gasteiger partial charge in [-0.2, -0.15) is 0 Å². The van der Waals surface area contributed by atoms with Gasteiger partial charge in [0.25, 0.3) is 0 Å². The molecule has 0 aliphatic heterocycles. The lowest BCUT2D eigenvalue weighted by Crippen LogP contribution is -2.23. The zero-order valence-corrected chi connectivity index (χ0v) is 13.2. The van der Waals surface area contributed by atoms with Gasteiger partial charge in [0.2, 0.25) is 0 Å². The lowest BCUT2D eigenvalue weighted by Gasteiger charge is -2.23. The summed E-state index contributed by atoms with van der Waals surface area (Å²) in [7, 11) is 0. The maximum Gasteiger partial charge on any atom is 0.0308 e. The van der Waals surface area contributed by atoms with Crippen molar-refractivity contribution in [3.05, 3.63) is 69.7 Å². The molecule has 100 valence electrons. The van der Waals surface area contributed by atoms with Crippen LogP contribution in [0.2, 0.25) is 0 Å². The first-order valence-corrected chi connectivity index (χ1v) is 7.45. The van der Waals surface area contributed by atoms with Gasteiger partial charge in [0.05, 0.1) is 0 Å². The van der Waals surface area contributed by atoms with Crippen molar-refractivity contribution >= 4 is 15.9 Å². The molecular formula is C17H20BrN. The Kier molecular flexibility index (Phi) is 4.78. The molecule has 0 saturated carbocycles. The Morgan fingerprint density at radius 1 is 0.842 bits per heavy atom. The highest BCUT2D eigenvalue weighted by Crippen LogP contribution is 2.26. The fourth-order valence-corrected chi connectivity index (χ4v) is 3.08. The number of nitrogens with one attached hydrogen (secondary N) is 1. The molecule has 19 heavy (non-hydrogen) atoms. The van der Waals surface area contributed by atoms with Crippen molar-refractivity contribution in [1.82, 2.24) is 5.32 Å². The second kappa shape index (κ2) is 6.36. The maximum atomic E-state index is 3.66. The molecule has 0 aliphatic rings. The SMILES string of the molecule is Cc1ccccc1[C@H](C)NC(C)c1ccccc1Br. The molecule has 1 nitrogen and oxygen atoms in total. The Morgan fingerprint density at radius 2 is 1.37 bits per heavy atom. The van der Waals surface area contributed by atoms with Crippen molar-refractivity contribution in [2.75, 3.05) is 0 Å². The fraction of sp³-hybridized carbons (Fsp3) is 0.294. The lowest BCUT2D eigenvalue weighted by molar-refractivity contribution is 0.492. The third-order valence-corrected chi connectivity index (χ3v) is 4.25. The average molecular weight is 318 g/mol. The molecule has 0 fully saturated rings. The second-order valence-corrected chi connectivity index (χ2v) is 5.84. The van der Waals surface area contributed by atoms with E-state index >= 15 is 0 Å². The highest BCUT2D eigenvalue weighted by molar-refractivity contribution is 9.10. The maximum absolute atomic E-state index is 3.66. The molecule has 2 rings (SSSR count). The minimum atomic E-state index is 0.310. The van der Waals surface area contributed by atoms with E-state index in [1.807, 2.05) is 6.07 Å². The van der Waals surface area contributed by atoms with Gasteiger partial charge in [-0.25, -0.2) is 0 Å². The van der Waals surface area contributed by atoms with E-state index in [9.17, 15) is 0 Å². The van der Waals surface area contributed by atoms with Crippen LogP contribution in [0, 0.1) is 6.92 Å². The molecular weight excluding hydrogens is 298 g/mol.